The van der Waals surface area contributed by atoms with E-state index in [1.54, 1.807) is 0 Å². The van der Waals surface area contributed by atoms with Crippen LogP contribution in [-0.2, 0) is 0 Å². The summed E-state index contributed by atoms with van der Waals surface area (Å²) in [4.78, 5) is 29.8. The fraction of sp³-hybridized carbons (Fsp3) is 0.333. The lowest BCUT2D eigenvalue weighted by molar-refractivity contribution is 0.184. The van der Waals surface area contributed by atoms with Gasteiger partial charge in [-0.2, -0.15) is 0 Å². The van der Waals surface area contributed by atoms with Gasteiger partial charge in [-0.05, 0) is 56.0 Å². The number of nitrogens with one attached hydrogen (secondary N) is 2. The molecular weight excluding hydrogens is 340 g/mol. The number of likely N-dealkylation sites (tertiary alicyclic amines) is 1. The number of carbonyl (C=O) groups excluding carboxylic acids is 1. The number of H-pyrrole nitrogens is 1. The number of carbonyl (C=O) groups is 1. The highest BCUT2D eigenvalue weighted by Gasteiger charge is 2.26. The van der Waals surface area contributed by atoms with Crippen LogP contribution in [0.15, 0.2) is 47.3 Å². The number of hydrogen-bond donors (Lipinski definition) is 2. The van der Waals surface area contributed by atoms with Crippen molar-refractivity contribution in [2.24, 2.45) is 0 Å². The molecule has 6 nitrogen and oxygen atoms in total. The van der Waals surface area contributed by atoms with E-state index in [4.69, 9.17) is 0 Å². The summed E-state index contributed by atoms with van der Waals surface area (Å²) in [7, 11) is 0. The van der Waals surface area contributed by atoms with Crippen LogP contribution in [0.25, 0.3) is 11.0 Å². The number of rotatable bonds is 2. The molecule has 1 fully saturated rings. The van der Waals surface area contributed by atoms with E-state index >= 15 is 0 Å². The fourth-order valence-electron chi connectivity index (χ4n) is 3.83. The second-order valence-corrected chi connectivity index (χ2v) is 7.28. The van der Waals surface area contributed by atoms with Crippen LogP contribution in [0.5, 0.6) is 0 Å². The molecule has 0 atom stereocenters. The summed E-state index contributed by atoms with van der Waals surface area (Å²) < 4.78 is 1.84. The molecule has 0 bridgehead atoms. The molecule has 3 aromatic rings. The Morgan fingerprint density at radius 1 is 1.11 bits per heavy atom. The Morgan fingerprint density at radius 2 is 1.85 bits per heavy atom. The molecule has 27 heavy (non-hydrogen) atoms. The van der Waals surface area contributed by atoms with Gasteiger partial charge in [0.2, 0.25) is 0 Å². The second-order valence-electron chi connectivity index (χ2n) is 7.28. The summed E-state index contributed by atoms with van der Waals surface area (Å²) in [6, 6.07) is 13.8. The molecule has 2 N–H and O–H groups in total. The van der Waals surface area contributed by atoms with Crippen molar-refractivity contribution in [1.29, 1.82) is 0 Å². The quantitative estimate of drug-likeness (QED) is 0.726. The summed E-state index contributed by atoms with van der Waals surface area (Å²) in [6.45, 7) is 5.27. The lowest BCUT2D eigenvalue weighted by atomic mass is 10.0. The van der Waals surface area contributed by atoms with Crippen LogP contribution in [0.4, 0.5) is 10.5 Å². The number of amides is 2. The number of imidazole rings is 1. The van der Waals surface area contributed by atoms with E-state index in [1.165, 1.54) is 0 Å². The lowest BCUT2D eigenvalue weighted by Gasteiger charge is -2.32. The van der Waals surface area contributed by atoms with Gasteiger partial charge >= 0.3 is 11.7 Å². The van der Waals surface area contributed by atoms with Crippen molar-refractivity contribution in [3.8, 4) is 0 Å². The van der Waals surface area contributed by atoms with Crippen LogP contribution < -0.4 is 11.0 Å². The van der Waals surface area contributed by atoms with E-state index in [2.05, 4.69) is 10.3 Å². The van der Waals surface area contributed by atoms with E-state index in [9.17, 15) is 9.59 Å². The zero-order valence-electron chi connectivity index (χ0n) is 15.7. The molecule has 0 radical (unpaired) electrons. The Bertz CT molecular complexity index is 1040. The minimum absolute atomic E-state index is 0.0745. The van der Waals surface area contributed by atoms with E-state index in [0.29, 0.717) is 13.1 Å². The van der Waals surface area contributed by atoms with E-state index in [-0.39, 0.29) is 17.8 Å². The van der Waals surface area contributed by atoms with Gasteiger partial charge in [-0.25, -0.2) is 9.59 Å². The smallest absolute Gasteiger partial charge is 0.324 e. The van der Waals surface area contributed by atoms with Gasteiger partial charge in [-0.3, -0.25) is 4.57 Å². The minimum Gasteiger partial charge on any atom is -0.324 e. The summed E-state index contributed by atoms with van der Waals surface area (Å²) in [6.07, 6.45) is 1.53. The first-order valence-electron chi connectivity index (χ1n) is 9.35. The predicted molar refractivity (Wildman–Crippen MR) is 107 cm³/mol. The first-order valence-corrected chi connectivity index (χ1v) is 9.35. The molecule has 0 saturated carbocycles. The Kier molecular flexibility index (Phi) is 4.48. The molecule has 4 rings (SSSR count). The van der Waals surface area contributed by atoms with Crippen molar-refractivity contribution in [2.45, 2.75) is 32.7 Å². The first-order chi connectivity index (χ1) is 13.0. The monoisotopic (exact) mass is 364 g/mol. The molecule has 1 saturated heterocycles. The van der Waals surface area contributed by atoms with Gasteiger partial charge in [0.1, 0.15) is 0 Å². The molecule has 2 amide bonds. The Labute approximate surface area is 157 Å². The van der Waals surface area contributed by atoms with Crippen molar-refractivity contribution in [2.75, 3.05) is 18.4 Å². The number of anilines is 1. The first kappa shape index (κ1) is 17.4. The number of benzene rings is 2. The average molecular weight is 364 g/mol. The number of para-hydroxylation sites is 2. The molecule has 1 aliphatic rings. The number of hydrogen-bond acceptors (Lipinski definition) is 2. The Morgan fingerprint density at radius 3 is 2.63 bits per heavy atom. The Hall–Kier alpha value is -3.02. The van der Waals surface area contributed by atoms with E-state index in [1.807, 2.05) is 65.8 Å². The maximum Gasteiger partial charge on any atom is 0.326 e. The third-order valence-corrected chi connectivity index (χ3v) is 5.38. The van der Waals surface area contributed by atoms with Gasteiger partial charge in [0.05, 0.1) is 11.0 Å². The molecular formula is C21H24N4O2. The number of aryl methyl sites for hydroxylation is 2. The molecule has 140 valence electrons. The lowest BCUT2D eigenvalue weighted by Crippen LogP contribution is -2.42. The van der Waals surface area contributed by atoms with Gasteiger partial charge < -0.3 is 15.2 Å². The molecule has 2 aromatic carbocycles. The van der Waals surface area contributed by atoms with E-state index < -0.39 is 0 Å². The van der Waals surface area contributed by atoms with Crippen LogP contribution in [0.2, 0.25) is 0 Å². The highest BCUT2D eigenvalue weighted by Crippen LogP contribution is 2.25. The molecule has 1 aliphatic heterocycles. The van der Waals surface area contributed by atoms with Crippen LogP contribution in [0.3, 0.4) is 0 Å². The molecule has 6 heteroatoms. The van der Waals surface area contributed by atoms with Gasteiger partial charge in [-0.1, -0.05) is 24.3 Å². The maximum absolute atomic E-state index is 12.6. The SMILES string of the molecule is Cc1ccc(C)c(NC(=O)N2CCC(n3c(=O)[nH]c4ccccc43)CC2)c1. The maximum atomic E-state index is 12.6. The molecule has 0 spiro atoms. The largest absolute Gasteiger partial charge is 0.326 e. The number of nitrogens with zero attached hydrogens (tertiary/aromatic N) is 2. The number of piperidine rings is 1. The molecule has 1 aromatic heterocycles. The van der Waals surface area contributed by atoms with Gasteiger partial charge in [0.15, 0.2) is 0 Å². The second kappa shape index (κ2) is 6.95. The summed E-state index contributed by atoms with van der Waals surface area (Å²) in [5.74, 6) is 0. The van der Waals surface area contributed by atoms with Crippen molar-refractivity contribution < 1.29 is 4.79 Å². The van der Waals surface area contributed by atoms with Crippen LogP contribution >= 0.6 is 0 Å². The fourth-order valence-corrected chi connectivity index (χ4v) is 3.83. The highest BCUT2D eigenvalue weighted by atomic mass is 16.2. The van der Waals surface area contributed by atoms with Crippen LogP contribution in [-0.4, -0.2) is 33.6 Å². The van der Waals surface area contributed by atoms with Gasteiger partial charge in [-0.15, -0.1) is 0 Å². The summed E-state index contributed by atoms with van der Waals surface area (Å²) in [5, 5.41) is 3.02. The highest BCUT2D eigenvalue weighted by molar-refractivity contribution is 5.90. The number of urea groups is 1. The molecule has 0 unspecified atom stereocenters. The van der Waals surface area contributed by atoms with Crippen LogP contribution in [0, 0.1) is 13.8 Å². The number of fused-ring (bicyclic) bond motifs is 1. The van der Waals surface area contributed by atoms with Crippen molar-refractivity contribution >= 4 is 22.8 Å². The zero-order valence-corrected chi connectivity index (χ0v) is 15.7. The molecule has 2 heterocycles. The van der Waals surface area contributed by atoms with Crippen molar-refractivity contribution in [3.63, 3.8) is 0 Å². The van der Waals surface area contributed by atoms with Crippen LogP contribution in [0.1, 0.15) is 30.0 Å². The standard InChI is InChI=1S/C21H24N4O2/c1-14-7-8-15(2)18(13-14)23-20(26)24-11-9-16(10-12-24)25-19-6-4-3-5-17(19)22-21(25)27/h3-8,13,16H,9-12H2,1-2H3,(H,22,27)(H,23,26). The van der Waals surface area contributed by atoms with Crippen molar-refractivity contribution in [1.82, 2.24) is 14.5 Å². The third-order valence-electron chi connectivity index (χ3n) is 5.38. The van der Waals surface area contributed by atoms with E-state index in [0.717, 1.165) is 40.7 Å². The number of aromatic amines is 1. The van der Waals surface area contributed by atoms with Gasteiger partial charge in [0, 0.05) is 24.8 Å². The zero-order chi connectivity index (χ0) is 19.0. The average Bonchev–Trinajstić information content (AvgIpc) is 3.00. The van der Waals surface area contributed by atoms with Gasteiger partial charge in [0.25, 0.3) is 0 Å². The normalized spacial score (nSPS) is 15.3. The topological polar surface area (TPSA) is 70.1 Å². The summed E-state index contributed by atoms with van der Waals surface area (Å²) in [5.41, 5.74) is 4.74. The Balaban J connectivity index is 1.45. The third kappa shape index (κ3) is 3.35. The number of aromatic nitrogens is 2. The minimum atomic E-state index is -0.0755. The van der Waals surface area contributed by atoms with Crippen molar-refractivity contribution in [3.05, 3.63) is 64.1 Å². The predicted octanol–water partition coefficient (Wildman–Crippen LogP) is 3.82. The summed E-state index contributed by atoms with van der Waals surface area (Å²) >= 11 is 0. The molecule has 0 aliphatic carbocycles.